The Kier molecular flexibility index (Phi) is 4.87. The predicted molar refractivity (Wildman–Crippen MR) is 78.9 cm³/mol. The molecule has 1 N–H and O–H groups in total. The summed E-state index contributed by atoms with van der Waals surface area (Å²) < 4.78 is 18.7. The Morgan fingerprint density at radius 1 is 1.25 bits per heavy atom. The van der Waals surface area contributed by atoms with Gasteiger partial charge in [0.05, 0.1) is 5.69 Å². The fourth-order valence-corrected chi connectivity index (χ4v) is 2.26. The Hall–Kier alpha value is -1.72. The molecule has 0 radical (unpaired) electrons. The van der Waals surface area contributed by atoms with E-state index in [9.17, 15) is 9.18 Å². The summed E-state index contributed by atoms with van der Waals surface area (Å²) in [5.74, 6) is -0.688. The van der Waals surface area contributed by atoms with Gasteiger partial charge in [0.1, 0.15) is 5.82 Å². The van der Waals surface area contributed by atoms with E-state index in [1.807, 2.05) is 30.3 Å². The summed E-state index contributed by atoms with van der Waals surface area (Å²) in [6.07, 6.45) is -0.715. The molecule has 0 aliphatic heterocycles. The van der Waals surface area contributed by atoms with Crippen LogP contribution in [0.15, 0.2) is 53.0 Å². The van der Waals surface area contributed by atoms with Crippen LogP contribution in [-0.4, -0.2) is 13.0 Å². The average molecular weight is 338 g/mol. The molecule has 0 aliphatic carbocycles. The summed E-state index contributed by atoms with van der Waals surface area (Å²) in [5, 5.41) is 2.71. The topological polar surface area (TPSA) is 38.3 Å². The molecule has 20 heavy (non-hydrogen) atoms. The van der Waals surface area contributed by atoms with Crippen molar-refractivity contribution >= 4 is 27.5 Å². The third kappa shape index (κ3) is 3.43. The summed E-state index contributed by atoms with van der Waals surface area (Å²) in [5.41, 5.74) is 1.25. The fraction of sp³-hybridized carbons (Fsp3) is 0.133. The molecule has 0 aromatic heterocycles. The molecule has 0 fully saturated rings. The zero-order valence-electron chi connectivity index (χ0n) is 10.8. The first-order chi connectivity index (χ1) is 9.61. The highest BCUT2D eigenvalue weighted by Crippen LogP contribution is 2.25. The Morgan fingerprint density at radius 3 is 2.55 bits per heavy atom. The lowest BCUT2D eigenvalue weighted by molar-refractivity contribution is -0.126. The van der Waals surface area contributed by atoms with Crippen LogP contribution >= 0.6 is 15.9 Å². The Bertz CT molecular complexity index is 604. The number of halogens is 2. The van der Waals surface area contributed by atoms with Crippen molar-refractivity contribution in [2.45, 2.75) is 6.10 Å². The minimum absolute atomic E-state index is 0.314. The maximum atomic E-state index is 13.0. The lowest BCUT2D eigenvalue weighted by atomic mass is 10.1. The number of amides is 1. The minimum atomic E-state index is -0.715. The highest BCUT2D eigenvalue weighted by atomic mass is 79.9. The molecule has 2 rings (SSSR count). The SMILES string of the molecule is COC(C(=O)Nc1ccc(F)cc1Br)c1ccccc1. The number of carbonyl (C=O) groups is 1. The normalized spacial score (nSPS) is 11.9. The molecule has 0 saturated heterocycles. The van der Waals surface area contributed by atoms with Gasteiger partial charge < -0.3 is 10.1 Å². The van der Waals surface area contributed by atoms with Crippen LogP contribution in [0, 0.1) is 5.82 Å². The molecule has 0 spiro atoms. The van der Waals surface area contributed by atoms with Crippen LogP contribution in [0.5, 0.6) is 0 Å². The maximum Gasteiger partial charge on any atom is 0.258 e. The molecule has 2 aromatic carbocycles. The molecular formula is C15H13BrFNO2. The van der Waals surface area contributed by atoms with E-state index in [-0.39, 0.29) is 11.7 Å². The molecule has 1 atom stereocenters. The number of rotatable bonds is 4. The van der Waals surface area contributed by atoms with Crippen molar-refractivity contribution in [3.05, 3.63) is 64.4 Å². The molecule has 0 saturated carbocycles. The van der Waals surface area contributed by atoms with Gasteiger partial charge in [-0.2, -0.15) is 0 Å². The van der Waals surface area contributed by atoms with Crippen LogP contribution < -0.4 is 5.32 Å². The van der Waals surface area contributed by atoms with E-state index in [0.29, 0.717) is 10.2 Å². The van der Waals surface area contributed by atoms with Crippen molar-refractivity contribution in [1.29, 1.82) is 0 Å². The number of anilines is 1. The highest BCUT2D eigenvalue weighted by Gasteiger charge is 2.20. The van der Waals surface area contributed by atoms with E-state index in [4.69, 9.17) is 4.74 Å². The first-order valence-corrected chi connectivity index (χ1v) is 6.75. The molecule has 1 amide bonds. The van der Waals surface area contributed by atoms with Gasteiger partial charge in [0.15, 0.2) is 6.10 Å². The van der Waals surface area contributed by atoms with Gasteiger partial charge in [0, 0.05) is 11.6 Å². The van der Waals surface area contributed by atoms with Crippen molar-refractivity contribution < 1.29 is 13.9 Å². The Labute approximate surface area is 124 Å². The number of nitrogens with one attached hydrogen (secondary N) is 1. The number of carbonyl (C=O) groups excluding carboxylic acids is 1. The van der Waals surface area contributed by atoms with Crippen molar-refractivity contribution in [2.75, 3.05) is 12.4 Å². The highest BCUT2D eigenvalue weighted by molar-refractivity contribution is 9.10. The van der Waals surface area contributed by atoms with E-state index >= 15 is 0 Å². The number of ether oxygens (including phenoxy) is 1. The van der Waals surface area contributed by atoms with Crippen LogP contribution in [0.2, 0.25) is 0 Å². The molecular weight excluding hydrogens is 325 g/mol. The van der Waals surface area contributed by atoms with Gasteiger partial charge >= 0.3 is 0 Å². The number of hydrogen-bond donors (Lipinski definition) is 1. The number of methoxy groups -OCH3 is 1. The van der Waals surface area contributed by atoms with E-state index in [0.717, 1.165) is 5.56 Å². The largest absolute Gasteiger partial charge is 0.367 e. The summed E-state index contributed by atoms with van der Waals surface area (Å²) in [4.78, 5) is 12.2. The number of hydrogen-bond acceptors (Lipinski definition) is 2. The minimum Gasteiger partial charge on any atom is -0.367 e. The monoisotopic (exact) mass is 337 g/mol. The molecule has 104 valence electrons. The van der Waals surface area contributed by atoms with Crippen LogP contribution in [0.1, 0.15) is 11.7 Å². The smallest absolute Gasteiger partial charge is 0.258 e. The van der Waals surface area contributed by atoms with E-state index < -0.39 is 6.10 Å². The summed E-state index contributed by atoms with van der Waals surface area (Å²) in [6.45, 7) is 0. The van der Waals surface area contributed by atoms with Crippen molar-refractivity contribution in [1.82, 2.24) is 0 Å². The van der Waals surface area contributed by atoms with E-state index in [1.54, 1.807) is 0 Å². The van der Waals surface area contributed by atoms with Gasteiger partial charge in [-0.15, -0.1) is 0 Å². The molecule has 1 unspecified atom stereocenters. The first kappa shape index (κ1) is 14.7. The zero-order chi connectivity index (χ0) is 14.5. The number of benzene rings is 2. The van der Waals surface area contributed by atoms with Gasteiger partial charge in [-0.05, 0) is 39.7 Å². The second kappa shape index (κ2) is 6.63. The molecule has 5 heteroatoms. The molecule has 0 heterocycles. The van der Waals surface area contributed by atoms with Gasteiger partial charge in [0.25, 0.3) is 5.91 Å². The van der Waals surface area contributed by atoms with Gasteiger partial charge in [-0.25, -0.2) is 4.39 Å². The summed E-state index contributed by atoms with van der Waals surface area (Å²) in [6, 6.07) is 13.2. The van der Waals surface area contributed by atoms with Crippen LogP contribution in [0.4, 0.5) is 10.1 Å². The lowest BCUT2D eigenvalue weighted by Gasteiger charge is -2.16. The summed E-state index contributed by atoms with van der Waals surface area (Å²) in [7, 11) is 1.47. The standard InChI is InChI=1S/C15H13BrFNO2/c1-20-14(10-5-3-2-4-6-10)15(19)18-13-8-7-11(17)9-12(13)16/h2-9,14H,1H3,(H,18,19). The van der Waals surface area contributed by atoms with Crippen LogP contribution in [0.25, 0.3) is 0 Å². The van der Waals surface area contributed by atoms with Crippen LogP contribution in [0.3, 0.4) is 0 Å². The molecule has 2 aromatic rings. The van der Waals surface area contributed by atoms with Gasteiger partial charge in [0.2, 0.25) is 0 Å². The van der Waals surface area contributed by atoms with Gasteiger partial charge in [-0.1, -0.05) is 30.3 Å². The van der Waals surface area contributed by atoms with Crippen LogP contribution in [-0.2, 0) is 9.53 Å². The van der Waals surface area contributed by atoms with E-state index in [2.05, 4.69) is 21.2 Å². The van der Waals surface area contributed by atoms with E-state index in [1.165, 1.54) is 25.3 Å². The molecule has 0 aliphatic rings. The Morgan fingerprint density at radius 2 is 1.95 bits per heavy atom. The molecule has 0 bridgehead atoms. The quantitative estimate of drug-likeness (QED) is 0.918. The van der Waals surface area contributed by atoms with Crippen molar-refractivity contribution in [3.8, 4) is 0 Å². The third-order valence-corrected chi connectivity index (χ3v) is 3.42. The third-order valence-electron chi connectivity index (χ3n) is 2.77. The second-order valence-corrected chi connectivity index (χ2v) is 4.99. The first-order valence-electron chi connectivity index (χ1n) is 5.95. The summed E-state index contributed by atoms with van der Waals surface area (Å²) >= 11 is 3.21. The second-order valence-electron chi connectivity index (χ2n) is 4.14. The fourth-order valence-electron chi connectivity index (χ4n) is 1.81. The lowest BCUT2D eigenvalue weighted by Crippen LogP contribution is -2.22. The Balaban J connectivity index is 2.18. The van der Waals surface area contributed by atoms with Crippen molar-refractivity contribution in [3.63, 3.8) is 0 Å². The predicted octanol–water partition coefficient (Wildman–Crippen LogP) is 3.91. The van der Waals surface area contributed by atoms with Crippen molar-refractivity contribution in [2.24, 2.45) is 0 Å². The molecule has 3 nitrogen and oxygen atoms in total. The van der Waals surface area contributed by atoms with Gasteiger partial charge in [-0.3, -0.25) is 4.79 Å². The maximum absolute atomic E-state index is 13.0. The average Bonchev–Trinajstić information content (AvgIpc) is 2.44. The zero-order valence-corrected chi connectivity index (χ0v) is 12.4.